The van der Waals surface area contributed by atoms with Crippen LogP contribution in [-0.2, 0) is 6.54 Å². The number of benzene rings is 1. The van der Waals surface area contributed by atoms with Crippen LogP contribution in [0.5, 0.6) is 0 Å². The van der Waals surface area contributed by atoms with Crippen LogP contribution in [0.4, 0.5) is 0 Å². The van der Waals surface area contributed by atoms with Crippen molar-refractivity contribution in [2.75, 3.05) is 7.05 Å². The average Bonchev–Trinajstić information content (AvgIpc) is 2.77. The van der Waals surface area contributed by atoms with Gasteiger partial charge in [0.2, 0.25) is 0 Å². The summed E-state index contributed by atoms with van der Waals surface area (Å²) in [6.07, 6.45) is 0. The van der Waals surface area contributed by atoms with Crippen molar-refractivity contribution in [3.05, 3.63) is 54.6 Å². The van der Waals surface area contributed by atoms with E-state index in [1.165, 1.54) is 11.3 Å². The van der Waals surface area contributed by atoms with Gasteiger partial charge in [-0.25, -0.2) is 0 Å². The predicted molar refractivity (Wildman–Crippen MR) is 84.3 cm³/mol. The smallest absolute Gasteiger partial charge is 0.255 e. The molecule has 0 spiro atoms. The van der Waals surface area contributed by atoms with Crippen LogP contribution in [0.25, 0.3) is 0 Å². The first kappa shape index (κ1) is 14.9. The minimum atomic E-state index is -0.115. The van der Waals surface area contributed by atoms with Crippen LogP contribution < -0.4 is 0 Å². The fraction of sp³-hybridized carbons (Fsp3) is 0.154. The minimum absolute atomic E-state index is 0.115. The van der Waals surface area contributed by atoms with Gasteiger partial charge in [0.1, 0.15) is 0 Å². The van der Waals surface area contributed by atoms with E-state index in [1.54, 1.807) is 30.1 Å². The van der Waals surface area contributed by atoms with Crippen LogP contribution in [0, 0.1) is 0 Å². The van der Waals surface area contributed by atoms with E-state index in [-0.39, 0.29) is 5.91 Å². The molecule has 0 saturated heterocycles. The van der Waals surface area contributed by atoms with Gasteiger partial charge in [-0.1, -0.05) is 29.3 Å². The Morgan fingerprint density at radius 3 is 2.68 bits per heavy atom. The number of halogens is 3. The summed E-state index contributed by atoms with van der Waals surface area (Å²) in [5.74, 6) is -0.115. The maximum atomic E-state index is 12.3. The van der Waals surface area contributed by atoms with E-state index < -0.39 is 0 Å². The molecule has 0 fully saturated rings. The summed E-state index contributed by atoms with van der Waals surface area (Å²) in [6.45, 7) is 0.513. The molecule has 19 heavy (non-hydrogen) atoms. The first-order valence-corrected chi connectivity index (χ1v) is 7.79. The lowest BCUT2D eigenvalue weighted by molar-refractivity contribution is 0.0786. The van der Waals surface area contributed by atoms with Gasteiger partial charge in [-0.05, 0) is 40.2 Å². The SMILES string of the molecule is CN(Cc1ccc(Cl)s1)C(=O)c1cccc(Br)c1Cl. The van der Waals surface area contributed by atoms with Crippen molar-refractivity contribution >= 4 is 56.4 Å². The topological polar surface area (TPSA) is 20.3 Å². The molecule has 0 aliphatic carbocycles. The summed E-state index contributed by atoms with van der Waals surface area (Å²) in [4.78, 5) is 15.0. The number of hydrogen-bond donors (Lipinski definition) is 0. The average molecular weight is 379 g/mol. The molecule has 100 valence electrons. The predicted octanol–water partition coefficient (Wildman–Crippen LogP) is 5.09. The van der Waals surface area contributed by atoms with E-state index in [2.05, 4.69) is 15.9 Å². The first-order valence-electron chi connectivity index (χ1n) is 5.42. The highest BCUT2D eigenvalue weighted by Gasteiger charge is 2.17. The lowest BCUT2D eigenvalue weighted by Gasteiger charge is -2.17. The molecular formula is C13H10BrCl2NOS. The molecule has 0 N–H and O–H groups in total. The Bertz CT molecular complexity index is 614. The Labute approximate surface area is 134 Å². The van der Waals surface area contributed by atoms with E-state index in [0.717, 1.165) is 9.21 Å². The van der Waals surface area contributed by atoms with Crippen molar-refractivity contribution < 1.29 is 4.79 Å². The Kier molecular flexibility index (Phi) is 4.90. The van der Waals surface area contributed by atoms with E-state index in [9.17, 15) is 4.79 Å². The van der Waals surface area contributed by atoms with E-state index in [1.807, 2.05) is 12.1 Å². The molecule has 0 atom stereocenters. The van der Waals surface area contributed by atoms with Crippen molar-refractivity contribution in [3.63, 3.8) is 0 Å². The number of amides is 1. The molecular weight excluding hydrogens is 369 g/mol. The number of nitrogens with zero attached hydrogens (tertiary/aromatic N) is 1. The van der Waals surface area contributed by atoms with Crippen LogP contribution >= 0.6 is 50.5 Å². The van der Waals surface area contributed by atoms with Gasteiger partial charge < -0.3 is 4.90 Å². The number of thiophene rings is 1. The maximum absolute atomic E-state index is 12.3. The van der Waals surface area contributed by atoms with Crippen molar-refractivity contribution in [2.45, 2.75) is 6.54 Å². The fourth-order valence-corrected chi connectivity index (χ4v) is 3.33. The molecule has 0 unspecified atom stereocenters. The monoisotopic (exact) mass is 377 g/mol. The molecule has 0 radical (unpaired) electrons. The zero-order chi connectivity index (χ0) is 14.0. The lowest BCUT2D eigenvalue weighted by atomic mass is 10.2. The largest absolute Gasteiger partial charge is 0.337 e. The van der Waals surface area contributed by atoms with Crippen LogP contribution in [0.1, 0.15) is 15.2 Å². The third kappa shape index (κ3) is 3.51. The quantitative estimate of drug-likeness (QED) is 0.728. The number of hydrogen-bond acceptors (Lipinski definition) is 2. The standard InChI is InChI=1S/C13H10BrCl2NOS/c1-17(7-8-5-6-11(15)19-8)13(18)9-3-2-4-10(14)12(9)16/h2-6H,7H2,1H3. The van der Waals surface area contributed by atoms with Gasteiger partial charge in [-0.2, -0.15) is 0 Å². The Hall–Kier alpha value is -0.550. The second-order valence-corrected chi connectivity index (χ2v) is 7.00. The maximum Gasteiger partial charge on any atom is 0.255 e. The molecule has 1 aromatic heterocycles. The van der Waals surface area contributed by atoms with Gasteiger partial charge in [0.25, 0.3) is 5.91 Å². The molecule has 1 aromatic carbocycles. The van der Waals surface area contributed by atoms with Crippen molar-refractivity contribution in [1.29, 1.82) is 0 Å². The summed E-state index contributed by atoms with van der Waals surface area (Å²) < 4.78 is 1.43. The van der Waals surface area contributed by atoms with Crippen molar-refractivity contribution in [2.24, 2.45) is 0 Å². The van der Waals surface area contributed by atoms with Crippen LogP contribution in [-0.4, -0.2) is 17.9 Å². The Morgan fingerprint density at radius 1 is 1.32 bits per heavy atom. The van der Waals surface area contributed by atoms with Gasteiger partial charge in [-0.3, -0.25) is 4.79 Å². The highest BCUT2D eigenvalue weighted by Crippen LogP contribution is 2.28. The molecule has 0 aliphatic rings. The Morgan fingerprint density at radius 2 is 2.05 bits per heavy atom. The first-order chi connectivity index (χ1) is 8.99. The molecule has 2 rings (SSSR count). The Balaban J connectivity index is 2.17. The van der Waals surface area contributed by atoms with Crippen molar-refractivity contribution in [3.8, 4) is 0 Å². The van der Waals surface area contributed by atoms with Crippen LogP contribution in [0.3, 0.4) is 0 Å². The number of carbonyl (C=O) groups excluding carboxylic acids is 1. The summed E-state index contributed by atoms with van der Waals surface area (Å²) in [5, 5.41) is 0.434. The van der Waals surface area contributed by atoms with E-state index in [4.69, 9.17) is 23.2 Å². The van der Waals surface area contributed by atoms with E-state index in [0.29, 0.717) is 21.6 Å². The zero-order valence-corrected chi connectivity index (χ0v) is 13.9. The van der Waals surface area contributed by atoms with Gasteiger partial charge in [0, 0.05) is 16.4 Å². The number of rotatable bonds is 3. The minimum Gasteiger partial charge on any atom is -0.337 e. The summed E-state index contributed by atoms with van der Waals surface area (Å²) >= 11 is 16.8. The highest BCUT2D eigenvalue weighted by atomic mass is 79.9. The normalized spacial score (nSPS) is 10.5. The fourth-order valence-electron chi connectivity index (χ4n) is 1.62. The van der Waals surface area contributed by atoms with Crippen molar-refractivity contribution in [1.82, 2.24) is 4.90 Å². The van der Waals surface area contributed by atoms with Gasteiger partial charge >= 0.3 is 0 Å². The summed E-state index contributed by atoms with van der Waals surface area (Å²) in [7, 11) is 1.74. The number of carbonyl (C=O) groups is 1. The molecule has 1 amide bonds. The summed E-state index contributed by atoms with van der Waals surface area (Å²) in [6, 6.07) is 9.05. The lowest BCUT2D eigenvalue weighted by Crippen LogP contribution is -2.26. The molecule has 0 aliphatic heterocycles. The molecule has 0 saturated carbocycles. The zero-order valence-electron chi connectivity index (χ0n) is 9.99. The molecule has 2 aromatic rings. The highest BCUT2D eigenvalue weighted by molar-refractivity contribution is 9.10. The van der Waals surface area contributed by atoms with Gasteiger partial charge in [0.05, 0.1) is 21.5 Å². The molecule has 2 nitrogen and oxygen atoms in total. The van der Waals surface area contributed by atoms with Gasteiger partial charge in [0.15, 0.2) is 0 Å². The van der Waals surface area contributed by atoms with Crippen LogP contribution in [0.15, 0.2) is 34.8 Å². The molecule has 6 heteroatoms. The second kappa shape index (κ2) is 6.27. The van der Waals surface area contributed by atoms with E-state index >= 15 is 0 Å². The third-order valence-corrected chi connectivity index (χ3v) is 5.06. The van der Waals surface area contributed by atoms with Gasteiger partial charge in [-0.15, -0.1) is 11.3 Å². The molecule has 0 bridgehead atoms. The summed E-state index contributed by atoms with van der Waals surface area (Å²) in [5.41, 5.74) is 0.487. The third-order valence-electron chi connectivity index (χ3n) is 2.55. The molecule has 1 heterocycles. The second-order valence-electron chi connectivity index (χ2n) is 3.97. The van der Waals surface area contributed by atoms with Crippen LogP contribution in [0.2, 0.25) is 9.36 Å².